The average Bonchev–Trinajstić information content (AvgIpc) is 3.16. The van der Waals surface area contributed by atoms with Crippen LogP contribution in [0.4, 0.5) is 0 Å². The van der Waals surface area contributed by atoms with Gasteiger partial charge in [0.2, 0.25) is 0 Å². The van der Waals surface area contributed by atoms with Gasteiger partial charge in [-0.05, 0) is 31.5 Å². The summed E-state index contributed by atoms with van der Waals surface area (Å²) < 4.78 is 21.9. The first-order valence-electron chi connectivity index (χ1n) is 9.54. The lowest BCUT2D eigenvalue weighted by molar-refractivity contribution is -0.152. The van der Waals surface area contributed by atoms with Crippen LogP contribution in [0.25, 0.3) is 5.76 Å². The maximum Gasteiger partial charge on any atom is 0.338 e. The Balaban J connectivity index is 2.11. The molecule has 2 aromatic rings. The molecule has 0 amide bonds. The summed E-state index contributed by atoms with van der Waals surface area (Å²) in [4.78, 5) is 25.7. The quantitative estimate of drug-likeness (QED) is 0.661. The SMILES string of the molecule is CCOC(=O)C1=C(c2ccccc2)O[C@@H](c2ccc(OC)cc2)[C@H]1C(=O)OCC. The monoisotopic (exact) mass is 396 g/mol. The van der Waals surface area contributed by atoms with Gasteiger partial charge in [0.25, 0.3) is 0 Å². The molecule has 0 bridgehead atoms. The fourth-order valence-electron chi connectivity index (χ4n) is 3.32. The third-order valence-electron chi connectivity index (χ3n) is 4.62. The fourth-order valence-corrected chi connectivity index (χ4v) is 3.32. The Labute approximate surface area is 170 Å². The molecule has 1 aliphatic rings. The minimum Gasteiger partial charge on any atom is -0.497 e. The van der Waals surface area contributed by atoms with E-state index in [9.17, 15) is 9.59 Å². The largest absolute Gasteiger partial charge is 0.497 e. The zero-order valence-electron chi connectivity index (χ0n) is 16.7. The molecule has 1 heterocycles. The lowest BCUT2D eigenvalue weighted by atomic mass is 9.89. The number of ether oxygens (including phenoxy) is 4. The Morgan fingerprint density at radius 1 is 0.931 bits per heavy atom. The number of benzene rings is 2. The van der Waals surface area contributed by atoms with Gasteiger partial charge >= 0.3 is 11.9 Å². The van der Waals surface area contributed by atoms with E-state index in [0.717, 1.165) is 5.56 Å². The minimum absolute atomic E-state index is 0.178. The molecule has 0 aliphatic carbocycles. The van der Waals surface area contributed by atoms with Crippen LogP contribution in [-0.2, 0) is 23.8 Å². The van der Waals surface area contributed by atoms with Gasteiger partial charge in [0.15, 0.2) is 0 Å². The molecule has 0 radical (unpaired) electrons. The predicted molar refractivity (Wildman–Crippen MR) is 107 cm³/mol. The highest BCUT2D eigenvalue weighted by molar-refractivity contribution is 6.03. The number of carbonyl (C=O) groups excluding carboxylic acids is 2. The number of hydrogen-bond donors (Lipinski definition) is 0. The maximum absolute atomic E-state index is 12.9. The second kappa shape index (κ2) is 9.28. The molecule has 0 aromatic heterocycles. The van der Waals surface area contributed by atoms with Gasteiger partial charge in [0.1, 0.15) is 23.5 Å². The van der Waals surface area contributed by atoms with Crippen LogP contribution >= 0.6 is 0 Å². The molecule has 2 atom stereocenters. The Bertz CT molecular complexity index is 885. The van der Waals surface area contributed by atoms with E-state index in [1.54, 1.807) is 33.1 Å². The molecule has 1 aliphatic heterocycles. The summed E-state index contributed by atoms with van der Waals surface area (Å²) in [5, 5.41) is 0. The Kier molecular flexibility index (Phi) is 6.54. The summed E-state index contributed by atoms with van der Waals surface area (Å²) in [6, 6.07) is 16.4. The van der Waals surface area contributed by atoms with Crippen LogP contribution in [0.3, 0.4) is 0 Å². The topological polar surface area (TPSA) is 71.1 Å². The second-order valence-corrected chi connectivity index (χ2v) is 6.37. The summed E-state index contributed by atoms with van der Waals surface area (Å²) >= 11 is 0. The van der Waals surface area contributed by atoms with Gasteiger partial charge < -0.3 is 18.9 Å². The summed E-state index contributed by atoms with van der Waals surface area (Å²) in [6.45, 7) is 3.83. The summed E-state index contributed by atoms with van der Waals surface area (Å²) in [5.41, 5.74) is 1.61. The Morgan fingerprint density at radius 2 is 1.59 bits per heavy atom. The van der Waals surface area contributed by atoms with Gasteiger partial charge in [-0.25, -0.2) is 4.79 Å². The molecule has 29 heavy (non-hydrogen) atoms. The molecule has 0 spiro atoms. The van der Waals surface area contributed by atoms with E-state index in [2.05, 4.69) is 0 Å². The summed E-state index contributed by atoms with van der Waals surface area (Å²) in [6.07, 6.45) is -0.713. The van der Waals surface area contributed by atoms with Crippen LogP contribution in [0.5, 0.6) is 5.75 Å². The fraction of sp³-hybridized carbons (Fsp3) is 0.304. The number of esters is 2. The van der Waals surface area contributed by atoms with Crippen molar-refractivity contribution in [2.24, 2.45) is 5.92 Å². The van der Waals surface area contributed by atoms with Crippen molar-refractivity contribution < 1.29 is 28.5 Å². The average molecular weight is 396 g/mol. The normalized spacial score (nSPS) is 18.2. The van der Waals surface area contributed by atoms with Crippen molar-refractivity contribution in [3.8, 4) is 5.75 Å². The minimum atomic E-state index is -0.933. The first-order valence-corrected chi connectivity index (χ1v) is 9.54. The third-order valence-corrected chi connectivity index (χ3v) is 4.62. The molecule has 0 unspecified atom stereocenters. The smallest absolute Gasteiger partial charge is 0.338 e. The number of methoxy groups -OCH3 is 1. The molecule has 6 nitrogen and oxygen atoms in total. The third kappa shape index (κ3) is 4.26. The molecule has 152 valence electrons. The Morgan fingerprint density at radius 3 is 2.17 bits per heavy atom. The first-order chi connectivity index (χ1) is 14.1. The van der Waals surface area contributed by atoms with Crippen LogP contribution in [0.1, 0.15) is 31.1 Å². The van der Waals surface area contributed by atoms with Crippen molar-refractivity contribution >= 4 is 17.7 Å². The van der Waals surface area contributed by atoms with Crippen molar-refractivity contribution in [1.29, 1.82) is 0 Å². The second-order valence-electron chi connectivity index (χ2n) is 6.37. The van der Waals surface area contributed by atoms with E-state index in [4.69, 9.17) is 18.9 Å². The van der Waals surface area contributed by atoms with Gasteiger partial charge in [-0.3, -0.25) is 4.79 Å². The van der Waals surface area contributed by atoms with Crippen LogP contribution in [-0.4, -0.2) is 32.3 Å². The molecule has 0 saturated carbocycles. The van der Waals surface area contributed by atoms with Crippen molar-refractivity contribution in [3.05, 3.63) is 71.3 Å². The van der Waals surface area contributed by atoms with Crippen molar-refractivity contribution in [1.82, 2.24) is 0 Å². The maximum atomic E-state index is 12.9. The van der Waals surface area contributed by atoms with E-state index < -0.39 is 24.0 Å². The van der Waals surface area contributed by atoms with E-state index in [1.165, 1.54) is 0 Å². The summed E-state index contributed by atoms with van der Waals surface area (Å²) in [7, 11) is 1.58. The predicted octanol–water partition coefficient (Wildman–Crippen LogP) is 3.92. The van der Waals surface area contributed by atoms with Crippen LogP contribution < -0.4 is 4.74 Å². The molecule has 3 rings (SSSR count). The summed E-state index contributed by atoms with van der Waals surface area (Å²) in [5.74, 6) is -1.02. The van der Waals surface area contributed by atoms with E-state index in [1.807, 2.05) is 42.5 Å². The molecule has 0 N–H and O–H groups in total. The van der Waals surface area contributed by atoms with Gasteiger partial charge in [0.05, 0.1) is 25.9 Å². The molecular weight excluding hydrogens is 372 g/mol. The van der Waals surface area contributed by atoms with E-state index >= 15 is 0 Å². The zero-order chi connectivity index (χ0) is 20.8. The lowest BCUT2D eigenvalue weighted by Crippen LogP contribution is -2.27. The van der Waals surface area contributed by atoms with Gasteiger partial charge in [-0.2, -0.15) is 0 Å². The van der Waals surface area contributed by atoms with Gasteiger partial charge in [-0.1, -0.05) is 42.5 Å². The molecule has 0 fully saturated rings. The molecule has 2 aromatic carbocycles. The standard InChI is InChI=1S/C23H24O6/c1-4-27-22(24)18-19(23(25)28-5-2)21(16-11-13-17(26-3)14-12-16)29-20(18)15-9-7-6-8-10-15/h6-14,19,21H,4-5H2,1-3H3/t19-,21-/m0/s1. The zero-order valence-corrected chi connectivity index (χ0v) is 16.7. The highest BCUT2D eigenvalue weighted by atomic mass is 16.6. The molecular formula is C23H24O6. The van der Waals surface area contributed by atoms with Crippen LogP contribution in [0.15, 0.2) is 60.2 Å². The molecule has 6 heteroatoms. The highest BCUT2D eigenvalue weighted by Gasteiger charge is 2.47. The number of rotatable bonds is 7. The Hall–Kier alpha value is -3.28. The molecule has 0 saturated heterocycles. The number of carbonyl (C=O) groups is 2. The lowest BCUT2D eigenvalue weighted by Gasteiger charge is -2.20. The first kappa shape index (κ1) is 20.5. The van der Waals surface area contributed by atoms with Crippen LogP contribution in [0, 0.1) is 5.92 Å². The van der Waals surface area contributed by atoms with Crippen molar-refractivity contribution in [2.45, 2.75) is 20.0 Å². The van der Waals surface area contributed by atoms with Crippen molar-refractivity contribution in [3.63, 3.8) is 0 Å². The van der Waals surface area contributed by atoms with Gasteiger partial charge in [-0.15, -0.1) is 0 Å². The van der Waals surface area contributed by atoms with Crippen molar-refractivity contribution in [2.75, 3.05) is 20.3 Å². The highest BCUT2D eigenvalue weighted by Crippen LogP contribution is 2.46. The number of hydrogen-bond acceptors (Lipinski definition) is 6. The van der Waals surface area contributed by atoms with Gasteiger partial charge in [0, 0.05) is 5.56 Å². The van der Waals surface area contributed by atoms with Crippen LogP contribution in [0.2, 0.25) is 0 Å². The van der Waals surface area contributed by atoms with E-state index in [0.29, 0.717) is 17.1 Å². The van der Waals surface area contributed by atoms with E-state index in [-0.39, 0.29) is 18.8 Å².